The Bertz CT molecular complexity index is 535. The zero-order valence-corrected chi connectivity index (χ0v) is 12.5. The molecule has 0 saturated carbocycles. The van der Waals surface area contributed by atoms with Crippen molar-refractivity contribution in [2.75, 3.05) is 0 Å². The molecule has 2 rings (SSSR count). The molecule has 1 aromatic heterocycles. The smallest absolute Gasteiger partial charge is 0.209 e. The molecule has 2 nitrogen and oxygen atoms in total. The van der Waals surface area contributed by atoms with E-state index in [0.29, 0.717) is 0 Å². The van der Waals surface area contributed by atoms with Gasteiger partial charge in [0.2, 0.25) is 5.78 Å². The number of hydrogen-bond acceptors (Lipinski definition) is 1. The highest BCUT2D eigenvalue weighted by Gasteiger charge is 2.13. The van der Waals surface area contributed by atoms with Gasteiger partial charge in [-0.1, -0.05) is 50.6 Å². The van der Waals surface area contributed by atoms with Crippen LogP contribution in [0.1, 0.15) is 48.1 Å². The van der Waals surface area contributed by atoms with Crippen LogP contribution in [0.2, 0.25) is 0 Å². The molecule has 0 aliphatic rings. The zero-order chi connectivity index (χ0) is 14.4. The van der Waals surface area contributed by atoms with Gasteiger partial charge in [-0.15, -0.1) is 0 Å². The van der Waals surface area contributed by atoms with Gasteiger partial charge in [0.1, 0.15) is 0 Å². The van der Waals surface area contributed by atoms with E-state index in [0.717, 1.165) is 17.7 Å². The van der Waals surface area contributed by atoms with Crippen LogP contribution in [0.25, 0.3) is 0 Å². The highest BCUT2D eigenvalue weighted by atomic mass is 16.1. The van der Waals surface area contributed by atoms with Crippen molar-refractivity contribution in [3.8, 4) is 0 Å². The topological polar surface area (TPSA) is 22.0 Å². The number of aryl methyl sites for hydroxylation is 2. The zero-order valence-electron chi connectivity index (χ0n) is 12.5. The number of carbonyl (C=O) groups is 1. The predicted octanol–water partition coefficient (Wildman–Crippen LogP) is 4.15. The van der Waals surface area contributed by atoms with Crippen molar-refractivity contribution in [2.24, 2.45) is 7.05 Å². The third-order valence-electron chi connectivity index (χ3n) is 3.13. The van der Waals surface area contributed by atoms with Gasteiger partial charge in [0.25, 0.3) is 0 Å². The summed E-state index contributed by atoms with van der Waals surface area (Å²) in [7, 11) is 1.94. The number of benzene rings is 1. The molecule has 0 aliphatic heterocycles. The van der Waals surface area contributed by atoms with Gasteiger partial charge >= 0.3 is 0 Å². The molecule has 1 heterocycles. The lowest BCUT2D eigenvalue weighted by Crippen LogP contribution is -2.08. The van der Waals surface area contributed by atoms with E-state index in [4.69, 9.17) is 0 Å². The molecule has 1 aromatic carbocycles. The fourth-order valence-corrected chi connectivity index (χ4v) is 1.99. The summed E-state index contributed by atoms with van der Waals surface area (Å²) in [6.45, 7) is 8.11. The van der Waals surface area contributed by atoms with Crippen LogP contribution < -0.4 is 0 Å². The van der Waals surface area contributed by atoms with Crippen molar-refractivity contribution < 1.29 is 4.79 Å². The normalized spacial score (nSPS) is 9.74. The average Bonchev–Trinajstić information content (AvgIpc) is 2.82. The fourth-order valence-electron chi connectivity index (χ4n) is 1.99. The molecule has 0 spiro atoms. The van der Waals surface area contributed by atoms with Crippen LogP contribution >= 0.6 is 0 Å². The van der Waals surface area contributed by atoms with Crippen LogP contribution in [0.3, 0.4) is 0 Å². The largest absolute Gasteiger partial charge is 0.345 e. The van der Waals surface area contributed by atoms with Crippen LogP contribution in [-0.2, 0) is 13.5 Å². The Balaban J connectivity index is 0.000000861. The van der Waals surface area contributed by atoms with Crippen molar-refractivity contribution >= 4 is 5.78 Å². The van der Waals surface area contributed by atoms with Gasteiger partial charge in [-0.05, 0) is 25.5 Å². The first kappa shape index (κ1) is 15.2. The summed E-state index contributed by atoms with van der Waals surface area (Å²) in [5.74, 6) is 0.0900. The predicted molar refractivity (Wildman–Crippen MR) is 80.8 cm³/mol. The van der Waals surface area contributed by atoms with Gasteiger partial charge in [0.05, 0.1) is 5.69 Å². The van der Waals surface area contributed by atoms with E-state index >= 15 is 0 Å². The molecule has 0 unspecified atom stereocenters. The average molecular weight is 257 g/mol. The SMILES string of the molecule is CC.CCc1ccc(C(=O)c2ccc(C)cc2)n1C. The van der Waals surface area contributed by atoms with E-state index in [9.17, 15) is 4.79 Å². The summed E-state index contributed by atoms with van der Waals surface area (Å²) in [5, 5.41) is 0. The summed E-state index contributed by atoms with van der Waals surface area (Å²) >= 11 is 0. The van der Waals surface area contributed by atoms with Gasteiger partial charge in [-0.25, -0.2) is 0 Å². The molecule has 0 amide bonds. The minimum Gasteiger partial charge on any atom is -0.345 e. The van der Waals surface area contributed by atoms with Crippen molar-refractivity contribution in [3.63, 3.8) is 0 Å². The van der Waals surface area contributed by atoms with Crippen LogP contribution in [0.5, 0.6) is 0 Å². The molecule has 0 fully saturated rings. The molecule has 0 radical (unpaired) electrons. The molecule has 0 saturated heterocycles. The first-order valence-corrected chi connectivity index (χ1v) is 6.89. The first-order valence-electron chi connectivity index (χ1n) is 6.89. The summed E-state index contributed by atoms with van der Waals surface area (Å²) in [6, 6.07) is 11.6. The van der Waals surface area contributed by atoms with E-state index in [2.05, 4.69) is 6.92 Å². The Hall–Kier alpha value is -1.83. The second-order valence-electron chi connectivity index (χ2n) is 4.32. The van der Waals surface area contributed by atoms with Gasteiger partial charge in [-0.3, -0.25) is 4.79 Å². The van der Waals surface area contributed by atoms with Crippen molar-refractivity contribution in [1.29, 1.82) is 0 Å². The van der Waals surface area contributed by atoms with Crippen LogP contribution in [0.4, 0.5) is 0 Å². The molecule has 19 heavy (non-hydrogen) atoms. The van der Waals surface area contributed by atoms with Gasteiger partial charge in [0, 0.05) is 18.3 Å². The quantitative estimate of drug-likeness (QED) is 0.757. The highest BCUT2D eigenvalue weighted by Crippen LogP contribution is 2.14. The summed E-state index contributed by atoms with van der Waals surface area (Å²) in [4.78, 5) is 12.3. The van der Waals surface area contributed by atoms with Crippen LogP contribution in [0, 0.1) is 6.92 Å². The highest BCUT2D eigenvalue weighted by molar-refractivity contribution is 6.08. The number of rotatable bonds is 3. The Labute approximate surface area is 116 Å². The first-order chi connectivity index (χ1) is 9.13. The van der Waals surface area contributed by atoms with Gasteiger partial charge in [0.15, 0.2) is 0 Å². The maximum Gasteiger partial charge on any atom is 0.209 e. The lowest BCUT2D eigenvalue weighted by Gasteiger charge is -2.06. The number of hydrogen-bond donors (Lipinski definition) is 0. The Morgan fingerprint density at radius 3 is 2.11 bits per heavy atom. The second kappa shape index (κ2) is 6.93. The van der Waals surface area contributed by atoms with E-state index in [-0.39, 0.29) is 5.78 Å². The van der Waals surface area contributed by atoms with Crippen molar-refractivity contribution in [2.45, 2.75) is 34.1 Å². The minimum atomic E-state index is 0.0900. The summed E-state index contributed by atoms with van der Waals surface area (Å²) in [5.41, 5.74) is 3.85. The van der Waals surface area contributed by atoms with Crippen molar-refractivity contribution in [3.05, 3.63) is 58.9 Å². The number of aromatic nitrogens is 1. The van der Waals surface area contributed by atoms with E-state index < -0.39 is 0 Å². The van der Waals surface area contributed by atoms with Crippen molar-refractivity contribution in [1.82, 2.24) is 4.57 Å². The lowest BCUT2D eigenvalue weighted by atomic mass is 10.1. The van der Waals surface area contributed by atoms with E-state index in [1.807, 2.05) is 68.8 Å². The minimum absolute atomic E-state index is 0.0900. The molecule has 2 heteroatoms. The Morgan fingerprint density at radius 1 is 1.05 bits per heavy atom. The lowest BCUT2D eigenvalue weighted by molar-refractivity contribution is 0.103. The number of ketones is 1. The Morgan fingerprint density at radius 2 is 1.63 bits per heavy atom. The van der Waals surface area contributed by atoms with Gasteiger partial charge in [-0.2, -0.15) is 0 Å². The molecule has 0 atom stereocenters. The molecule has 2 aromatic rings. The van der Waals surface area contributed by atoms with Gasteiger partial charge < -0.3 is 4.57 Å². The molecular formula is C17H23NO. The third-order valence-corrected chi connectivity index (χ3v) is 3.13. The molecule has 0 aliphatic carbocycles. The van der Waals surface area contributed by atoms with Crippen LogP contribution in [0.15, 0.2) is 36.4 Å². The standard InChI is InChI=1S/C15H17NO.C2H6/c1-4-13-9-10-14(16(13)3)15(17)12-7-5-11(2)6-8-12;1-2/h5-10H,4H2,1-3H3;1-2H3. The van der Waals surface area contributed by atoms with Crippen LogP contribution in [-0.4, -0.2) is 10.4 Å². The monoisotopic (exact) mass is 257 g/mol. The number of carbonyl (C=O) groups excluding carboxylic acids is 1. The number of nitrogens with zero attached hydrogens (tertiary/aromatic N) is 1. The molecular weight excluding hydrogens is 234 g/mol. The van der Waals surface area contributed by atoms with E-state index in [1.165, 1.54) is 11.3 Å². The molecule has 0 bridgehead atoms. The summed E-state index contributed by atoms with van der Waals surface area (Å²) in [6.07, 6.45) is 0.942. The summed E-state index contributed by atoms with van der Waals surface area (Å²) < 4.78 is 1.97. The molecule has 0 N–H and O–H groups in total. The van der Waals surface area contributed by atoms with E-state index in [1.54, 1.807) is 0 Å². The fraction of sp³-hybridized carbons (Fsp3) is 0.353. The Kier molecular flexibility index (Phi) is 5.56. The second-order valence-corrected chi connectivity index (χ2v) is 4.32. The molecule has 102 valence electrons. The third kappa shape index (κ3) is 3.34. The maximum atomic E-state index is 12.3. The maximum absolute atomic E-state index is 12.3.